The van der Waals surface area contributed by atoms with Crippen LogP contribution in [-0.4, -0.2) is 32.9 Å². The van der Waals surface area contributed by atoms with Crippen molar-refractivity contribution in [3.63, 3.8) is 0 Å². The number of amides is 1. The van der Waals surface area contributed by atoms with Crippen molar-refractivity contribution >= 4 is 15.7 Å². The molecule has 0 heterocycles. The number of carbonyl (C=O) groups is 1. The fraction of sp³-hybridized carbons (Fsp3) is 0.909. The predicted octanol–water partition coefficient (Wildman–Crippen LogP) is 1.22. The van der Waals surface area contributed by atoms with Crippen LogP contribution in [0.5, 0.6) is 0 Å². The van der Waals surface area contributed by atoms with Crippen LogP contribution in [0, 0.1) is 11.3 Å². The summed E-state index contributed by atoms with van der Waals surface area (Å²) < 4.78 is 21.7. The van der Waals surface area contributed by atoms with Crippen LogP contribution in [0.3, 0.4) is 0 Å². The first kappa shape index (κ1) is 15.4. The monoisotopic (exact) mass is 249 g/mol. The van der Waals surface area contributed by atoms with Crippen LogP contribution in [0.4, 0.5) is 0 Å². The second-order valence-corrected chi connectivity index (χ2v) is 7.71. The van der Waals surface area contributed by atoms with E-state index in [1.165, 1.54) is 0 Å². The molecule has 0 spiro atoms. The van der Waals surface area contributed by atoms with Crippen molar-refractivity contribution in [2.24, 2.45) is 11.3 Å². The summed E-state index contributed by atoms with van der Waals surface area (Å²) in [6, 6.07) is 0. The molecule has 1 atom stereocenters. The SMILES string of the molecule is C[C@@H](CC(=O)NCCS(C)(=O)=O)C(C)(C)C. The van der Waals surface area contributed by atoms with Gasteiger partial charge in [-0.05, 0) is 11.3 Å². The van der Waals surface area contributed by atoms with Crippen LogP contribution in [0.1, 0.15) is 34.1 Å². The Morgan fingerprint density at radius 3 is 2.19 bits per heavy atom. The summed E-state index contributed by atoms with van der Waals surface area (Å²) in [5.74, 6) is 0.194. The van der Waals surface area contributed by atoms with Gasteiger partial charge in [0.25, 0.3) is 0 Å². The fourth-order valence-electron chi connectivity index (χ4n) is 1.03. The van der Waals surface area contributed by atoms with Crippen molar-refractivity contribution in [3.8, 4) is 0 Å². The van der Waals surface area contributed by atoms with Crippen molar-refractivity contribution in [1.82, 2.24) is 5.32 Å². The molecule has 4 nitrogen and oxygen atoms in total. The summed E-state index contributed by atoms with van der Waals surface area (Å²) in [6.45, 7) is 8.48. The van der Waals surface area contributed by atoms with E-state index in [0.717, 1.165) is 6.26 Å². The van der Waals surface area contributed by atoms with E-state index in [2.05, 4.69) is 26.1 Å². The lowest BCUT2D eigenvalue weighted by atomic mass is 9.80. The van der Waals surface area contributed by atoms with Crippen molar-refractivity contribution in [3.05, 3.63) is 0 Å². The number of hydrogen-bond acceptors (Lipinski definition) is 3. The Morgan fingerprint density at radius 2 is 1.81 bits per heavy atom. The van der Waals surface area contributed by atoms with Gasteiger partial charge in [0.15, 0.2) is 0 Å². The van der Waals surface area contributed by atoms with Gasteiger partial charge in [0, 0.05) is 19.2 Å². The Hall–Kier alpha value is -0.580. The summed E-state index contributed by atoms with van der Waals surface area (Å²) in [4.78, 5) is 11.5. The third-order valence-electron chi connectivity index (χ3n) is 2.77. The lowest BCUT2D eigenvalue weighted by molar-refractivity contribution is -0.122. The lowest BCUT2D eigenvalue weighted by Crippen LogP contribution is -2.32. The van der Waals surface area contributed by atoms with Crippen LogP contribution in [0.2, 0.25) is 0 Å². The molecule has 0 rings (SSSR count). The minimum atomic E-state index is -2.99. The third kappa shape index (κ3) is 7.68. The zero-order valence-electron chi connectivity index (χ0n) is 10.8. The topological polar surface area (TPSA) is 63.2 Å². The maximum atomic E-state index is 11.5. The van der Waals surface area contributed by atoms with Crippen LogP contribution in [0.25, 0.3) is 0 Å². The van der Waals surface area contributed by atoms with E-state index < -0.39 is 9.84 Å². The van der Waals surface area contributed by atoms with Gasteiger partial charge in [-0.3, -0.25) is 4.79 Å². The van der Waals surface area contributed by atoms with Gasteiger partial charge < -0.3 is 5.32 Å². The van der Waals surface area contributed by atoms with Gasteiger partial charge in [-0.1, -0.05) is 27.7 Å². The minimum Gasteiger partial charge on any atom is -0.355 e. The Morgan fingerprint density at radius 1 is 1.31 bits per heavy atom. The molecule has 0 fully saturated rings. The Kier molecular flexibility index (Phi) is 5.46. The summed E-state index contributed by atoms with van der Waals surface area (Å²) in [5, 5.41) is 2.62. The highest BCUT2D eigenvalue weighted by Crippen LogP contribution is 2.27. The molecule has 0 aliphatic rings. The van der Waals surface area contributed by atoms with Gasteiger partial charge in [0.1, 0.15) is 9.84 Å². The molecule has 5 heteroatoms. The second-order valence-electron chi connectivity index (χ2n) is 5.45. The van der Waals surface area contributed by atoms with E-state index in [1.54, 1.807) is 0 Å². The zero-order chi connectivity index (χ0) is 13.0. The van der Waals surface area contributed by atoms with Crippen LogP contribution < -0.4 is 5.32 Å². The van der Waals surface area contributed by atoms with E-state index in [-0.39, 0.29) is 29.5 Å². The van der Waals surface area contributed by atoms with Crippen molar-refractivity contribution in [1.29, 1.82) is 0 Å². The molecule has 1 amide bonds. The van der Waals surface area contributed by atoms with E-state index in [0.29, 0.717) is 6.42 Å². The van der Waals surface area contributed by atoms with Crippen LogP contribution in [-0.2, 0) is 14.6 Å². The van der Waals surface area contributed by atoms with Crippen molar-refractivity contribution in [2.75, 3.05) is 18.6 Å². The van der Waals surface area contributed by atoms with Gasteiger partial charge in [-0.25, -0.2) is 8.42 Å². The first-order chi connectivity index (χ1) is 7.02. The highest BCUT2D eigenvalue weighted by atomic mass is 32.2. The standard InChI is InChI=1S/C11H23NO3S/c1-9(11(2,3)4)8-10(13)12-6-7-16(5,14)15/h9H,6-8H2,1-5H3,(H,12,13)/t9-/m0/s1. The van der Waals surface area contributed by atoms with Crippen LogP contribution >= 0.6 is 0 Å². The molecule has 16 heavy (non-hydrogen) atoms. The summed E-state index contributed by atoms with van der Waals surface area (Å²) in [7, 11) is -2.99. The highest BCUT2D eigenvalue weighted by molar-refractivity contribution is 7.90. The molecule has 0 aromatic heterocycles. The average Bonchev–Trinajstić information content (AvgIpc) is 1.99. The molecular weight excluding hydrogens is 226 g/mol. The third-order valence-corrected chi connectivity index (χ3v) is 3.71. The number of nitrogens with one attached hydrogen (secondary N) is 1. The molecular formula is C11H23NO3S. The smallest absolute Gasteiger partial charge is 0.220 e. The molecule has 96 valence electrons. The molecule has 0 saturated carbocycles. The predicted molar refractivity (Wildman–Crippen MR) is 66.0 cm³/mol. The molecule has 0 aromatic carbocycles. The second kappa shape index (κ2) is 5.66. The zero-order valence-corrected chi connectivity index (χ0v) is 11.6. The molecule has 0 aromatic rings. The number of rotatable bonds is 5. The maximum absolute atomic E-state index is 11.5. The van der Waals surface area contributed by atoms with E-state index >= 15 is 0 Å². The van der Waals surface area contributed by atoms with E-state index in [9.17, 15) is 13.2 Å². The molecule has 0 bridgehead atoms. The summed E-state index contributed by atoms with van der Waals surface area (Å²) in [6.07, 6.45) is 1.60. The Labute approximate surface area is 98.7 Å². The Bertz CT molecular complexity index is 328. The van der Waals surface area contributed by atoms with Gasteiger partial charge in [-0.15, -0.1) is 0 Å². The van der Waals surface area contributed by atoms with Gasteiger partial charge in [-0.2, -0.15) is 0 Å². The summed E-state index contributed by atoms with van der Waals surface area (Å²) in [5.41, 5.74) is 0.0914. The van der Waals surface area contributed by atoms with Gasteiger partial charge in [0.05, 0.1) is 5.75 Å². The van der Waals surface area contributed by atoms with Gasteiger partial charge in [0.2, 0.25) is 5.91 Å². The molecule has 0 aliphatic heterocycles. The first-order valence-electron chi connectivity index (χ1n) is 5.47. The highest BCUT2D eigenvalue weighted by Gasteiger charge is 2.22. The lowest BCUT2D eigenvalue weighted by Gasteiger charge is -2.26. The van der Waals surface area contributed by atoms with Crippen LogP contribution in [0.15, 0.2) is 0 Å². The van der Waals surface area contributed by atoms with E-state index in [1.807, 2.05) is 6.92 Å². The molecule has 0 aliphatic carbocycles. The number of sulfone groups is 1. The summed E-state index contributed by atoms with van der Waals surface area (Å²) >= 11 is 0. The van der Waals surface area contributed by atoms with Crippen molar-refractivity contribution in [2.45, 2.75) is 34.1 Å². The quantitative estimate of drug-likeness (QED) is 0.797. The largest absolute Gasteiger partial charge is 0.355 e. The van der Waals surface area contributed by atoms with E-state index in [4.69, 9.17) is 0 Å². The normalized spacial score (nSPS) is 14.6. The maximum Gasteiger partial charge on any atom is 0.220 e. The molecule has 1 N–H and O–H groups in total. The Balaban J connectivity index is 3.93. The fourth-order valence-corrected chi connectivity index (χ4v) is 1.51. The minimum absolute atomic E-state index is 0.00262. The molecule has 0 unspecified atom stereocenters. The van der Waals surface area contributed by atoms with Crippen molar-refractivity contribution < 1.29 is 13.2 Å². The first-order valence-corrected chi connectivity index (χ1v) is 7.53. The average molecular weight is 249 g/mol. The molecule has 0 radical (unpaired) electrons. The van der Waals surface area contributed by atoms with Gasteiger partial charge >= 0.3 is 0 Å². The molecule has 0 saturated heterocycles. The number of hydrogen-bond donors (Lipinski definition) is 1. The number of carbonyl (C=O) groups excluding carboxylic acids is 1.